The SMILES string of the molecule is COCCN1CCN(c2ccccc2C2CCC(C(C)(C)C)CC2)CC1.Cl. The molecule has 0 bridgehead atoms. The summed E-state index contributed by atoms with van der Waals surface area (Å²) in [5.41, 5.74) is 3.56. The molecular formula is C23H39ClN2O. The van der Waals surface area contributed by atoms with Crippen molar-refractivity contribution in [1.29, 1.82) is 0 Å². The van der Waals surface area contributed by atoms with Gasteiger partial charge in [0.05, 0.1) is 6.61 Å². The van der Waals surface area contributed by atoms with Crippen molar-refractivity contribution >= 4 is 18.1 Å². The Morgan fingerprint density at radius 2 is 1.59 bits per heavy atom. The minimum Gasteiger partial charge on any atom is -0.383 e. The van der Waals surface area contributed by atoms with E-state index in [-0.39, 0.29) is 12.4 Å². The maximum absolute atomic E-state index is 5.23. The summed E-state index contributed by atoms with van der Waals surface area (Å²) in [6.45, 7) is 13.7. The molecule has 2 fully saturated rings. The van der Waals surface area contributed by atoms with Crippen molar-refractivity contribution in [2.75, 3.05) is 51.3 Å². The number of halogens is 1. The number of hydrogen-bond acceptors (Lipinski definition) is 3. The first-order valence-electron chi connectivity index (χ1n) is 10.5. The summed E-state index contributed by atoms with van der Waals surface area (Å²) in [5, 5.41) is 0. The molecule has 4 heteroatoms. The number of nitrogens with zero attached hydrogens (tertiary/aromatic N) is 2. The molecule has 27 heavy (non-hydrogen) atoms. The van der Waals surface area contributed by atoms with Crippen molar-refractivity contribution < 1.29 is 4.74 Å². The van der Waals surface area contributed by atoms with Crippen LogP contribution in [0.15, 0.2) is 24.3 Å². The Morgan fingerprint density at radius 1 is 0.963 bits per heavy atom. The number of piperazine rings is 1. The van der Waals surface area contributed by atoms with E-state index in [2.05, 4.69) is 54.8 Å². The molecule has 1 aliphatic heterocycles. The van der Waals surface area contributed by atoms with Gasteiger partial charge >= 0.3 is 0 Å². The van der Waals surface area contributed by atoms with E-state index in [9.17, 15) is 0 Å². The second-order valence-electron chi connectivity index (χ2n) is 9.29. The lowest BCUT2D eigenvalue weighted by Gasteiger charge is -2.40. The van der Waals surface area contributed by atoms with Gasteiger partial charge in [-0.15, -0.1) is 12.4 Å². The van der Waals surface area contributed by atoms with Crippen molar-refractivity contribution in [3.63, 3.8) is 0 Å². The maximum Gasteiger partial charge on any atom is 0.0589 e. The van der Waals surface area contributed by atoms with Crippen LogP contribution in [0, 0.1) is 11.3 Å². The van der Waals surface area contributed by atoms with Crippen molar-refractivity contribution in [2.24, 2.45) is 11.3 Å². The highest BCUT2D eigenvalue weighted by molar-refractivity contribution is 5.85. The Hall–Kier alpha value is -0.770. The van der Waals surface area contributed by atoms with Crippen LogP contribution in [0.3, 0.4) is 0 Å². The zero-order valence-electron chi connectivity index (χ0n) is 17.7. The molecule has 1 heterocycles. The first-order chi connectivity index (χ1) is 12.5. The topological polar surface area (TPSA) is 15.7 Å². The third-order valence-corrected chi connectivity index (χ3v) is 6.65. The fourth-order valence-corrected chi connectivity index (χ4v) is 4.82. The average Bonchev–Trinajstić information content (AvgIpc) is 2.66. The first-order valence-corrected chi connectivity index (χ1v) is 10.5. The van der Waals surface area contributed by atoms with E-state index < -0.39 is 0 Å². The van der Waals surface area contributed by atoms with Crippen molar-refractivity contribution in [3.8, 4) is 0 Å². The molecule has 0 N–H and O–H groups in total. The molecule has 0 radical (unpaired) electrons. The molecule has 1 saturated heterocycles. The molecule has 1 aromatic rings. The van der Waals surface area contributed by atoms with Gasteiger partial charge in [-0.25, -0.2) is 0 Å². The second-order valence-corrected chi connectivity index (χ2v) is 9.29. The number of ether oxygens (including phenoxy) is 1. The van der Waals surface area contributed by atoms with Crippen LogP contribution >= 0.6 is 12.4 Å². The fraction of sp³-hybridized carbons (Fsp3) is 0.739. The highest BCUT2D eigenvalue weighted by atomic mass is 35.5. The Balaban J connectivity index is 0.00000261. The predicted molar refractivity (Wildman–Crippen MR) is 118 cm³/mol. The van der Waals surface area contributed by atoms with Gasteiger partial charge in [-0.3, -0.25) is 4.90 Å². The quantitative estimate of drug-likeness (QED) is 0.682. The summed E-state index contributed by atoms with van der Waals surface area (Å²) >= 11 is 0. The highest BCUT2D eigenvalue weighted by Gasteiger charge is 2.31. The number of benzene rings is 1. The fourth-order valence-electron chi connectivity index (χ4n) is 4.82. The van der Waals surface area contributed by atoms with Crippen LogP contribution in [0.4, 0.5) is 5.69 Å². The molecule has 0 unspecified atom stereocenters. The van der Waals surface area contributed by atoms with Gasteiger partial charge in [-0.1, -0.05) is 39.0 Å². The van der Waals surface area contributed by atoms with E-state index in [0.717, 1.165) is 51.2 Å². The van der Waals surface area contributed by atoms with Gasteiger partial charge < -0.3 is 9.64 Å². The number of rotatable bonds is 5. The lowest BCUT2D eigenvalue weighted by Crippen LogP contribution is -2.47. The molecule has 1 aromatic carbocycles. The van der Waals surface area contributed by atoms with Crippen molar-refractivity contribution in [1.82, 2.24) is 4.90 Å². The van der Waals surface area contributed by atoms with Gasteiger partial charge in [-0.2, -0.15) is 0 Å². The van der Waals surface area contributed by atoms with Crippen molar-refractivity contribution in [2.45, 2.75) is 52.4 Å². The second kappa shape index (κ2) is 10.1. The first kappa shape index (κ1) is 22.5. The molecule has 0 amide bonds. The van der Waals surface area contributed by atoms with E-state index in [1.165, 1.54) is 31.4 Å². The minimum atomic E-state index is 0. The summed E-state index contributed by atoms with van der Waals surface area (Å²) in [6, 6.07) is 9.21. The zero-order valence-corrected chi connectivity index (χ0v) is 18.6. The van der Waals surface area contributed by atoms with Crippen LogP contribution in [0.5, 0.6) is 0 Å². The standard InChI is InChI=1S/C23H38N2O.ClH/c1-23(2,3)20-11-9-19(10-12-20)21-7-5-6-8-22(21)25-15-13-24(14-16-25)17-18-26-4;/h5-8,19-20H,9-18H2,1-4H3;1H. The van der Waals surface area contributed by atoms with Crippen LogP contribution in [0.1, 0.15) is 57.9 Å². The molecule has 0 spiro atoms. The minimum absolute atomic E-state index is 0. The van der Waals surface area contributed by atoms with Gasteiger partial charge in [0.25, 0.3) is 0 Å². The molecule has 3 nitrogen and oxygen atoms in total. The summed E-state index contributed by atoms with van der Waals surface area (Å²) in [5.74, 6) is 1.63. The molecule has 3 rings (SSSR count). The summed E-state index contributed by atoms with van der Waals surface area (Å²) in [6.07, 6.45) is 5.47. The lowest BCUT2D eigenvalue weighted by atomic mass is 9.68. The Morgan fingerprint density at radius 3 is 2.19 bits per heavy atom. The molecule has 1 aliphatic carbocycles. The van der Waals surface area contributed by atoms with Gasteiger partial charge in [-0.05, 0) is 54.6 Å². The Labute approximate surface area is 172 Å². The largest absolute Gasteiger partial charge is 0.383 e. The van der Waals surface area contributed by atoms with Crippen LogP contribution < -0.4 is 4.90 Å². The highest BCUT2D eigenvalue weighted by Crippen LogP contribution is 2.45. The Bertz CT molecular complexity index is 556. The van der Waals surface area contributed by atoms with E-state index >= 15 is 0 Å². The third kappa shape index (κ3) is 5.85. The van der Waals surface area contributed by atoms with E-state index in [4.69, 9.17) is 4.74 Å². The molecule has 2 aliphatic rings. The monoisotopic (exact) mass is 394 g/mol. The summed E-state index contributed by atoms with van der Waals surface area (Å²) in [7, 11) is 1.79. The van der Waals surface area contributed by atoms with Crippen molar-refractivity contribution in [3.05, 3.63) is 29.8 Å². The average molecular weight is 395 g/mol. The number of hydrogen-bond donors (Lipinski definition) is 0. The van der Waals surface area contributed by atoms with E-state index in [1.54, 1.807) is 12.7 Å². The predicted octanol–water partition coefficient (Wildman–Crippen LogP) is 5.20. The molecular weight excluding hydrogens is 356 g/mol. The van der Waals surface area contributed by atoms with Crippen LogP contribution in [-0.2, 0) is 4.74 Å². The number of para-hydroxylation sites is 1. The Kier molecular flexibility index (Phi) is 8.45. The normalized spacial score (nSPS) is 24.5. The smallest absolute Gasteiger partial charge is 0.0589 e. The van der Waals surface area contributed by atoms with Gasteiger partial charge in [0.15, 0.2) is 0 Å². The van der Waals surface area contributed by atoms with Gasteiger partial charge in [0.2, 0.25) is 0 Å². The van der Waals surface area contributed by atoms with Crippen LogP contribution in [0.25, 0.3) is 0 Å². The molecule has 0 atom stereocenters. The summed E-state index contributed by atoms with van der Waals surface area (Å²) < 4.78 is 5.23. The van der Waals surface area contributed by atoms with Crippen LogP contribution in [0.2, 0.25) is 0 Å². The molecule has 154 valence electrons. The number of anilines is 1. The number of methoxy groups -OCH3 is 1. The van der Waals surface area contributed by atoms with Gasteiger partial charge in [0, 0.05) is 45.5 Å². The zero-order chi connectivity index (χ0) is 18.6. The summed E-state index contributed by atoms with van der Waals surface area (Å²) in [4.78, 5) is 5.14. The lowest BCUT2D eigenvalue weighted by molar-refractivity contribution is 0.144. The molecule has 0 aromatic heterocycles. The molecule has 1 saturated carbocycles. The third-order valence-electron chi connectivity index (χ3n) is 6.65. The van der Waals surface area contributed by atoms with Gasteiger partial charge in [0.1, 0.15) is 0 Å². The van der Waals surface area contributed by atoms with Crippen LogP contribution in [-0.4, -0.2) is 51.3 Å². The van der Waals surface area contributed by atoms with E-state index in [0.29, 0.717) is 5.41 Å². The van der Waals surface area contributed by atoms with E-state index in [1.807, 2.05) is 0 Å². The maximum atomic E-state index is 5.23.